The summed E-state index contributed by atoms with van der Waals surface area (Å²) in [6.07, 6.45) is 9.49. The number of carbonyl (C=O) groups excluding carboxylic acids is 1. The van der Waals surface area contributed by atoms with Crippen molar-refractivity contribution in [1.82, 2.24) is 10.3 Å². The summed E-state index contributed by atoms with van der Waals surface area (Å²) in [6, 6.07) is 3.67. The second-order valence-electron chi connectivity index (χ2n) is 5.51. The quantitative estimate of drug-likeness (QED) is 0.838. The average Bonchev–Trinajstić information content (AvgIpc) is 2.49. The van der Waals surface area contributed by atoms with E-state index in [-0.39, 0.29) is 5.91 Å². The van der Waals surface area contributed by atoms with Crippen LogP contribution in [0.5, 0.6) is 0 Å². The summed E-state index contributed by atoms with van der Waals surface area (Å²) < 4.78 is 0. The Hall–Kier alpha value is -1.58. The van der Waals surface area contributed by atoms with Crippen LogP contribution in [0, 0.1) is 5.92 Å². The molecule has 0 unspecified atom stereocenters. The number of pyridine rings is 1. The van der Waals surface area contributed by atoms with Crippen LogP contribution in [0.25, 0.3) is 0 Å². The van der Waals surface area contributed by atoms with Crippen LogP contribution < -0.4 is 10.6 Å². The first-order valence-electron chi connectivity index (χ1n) is 7.77. The Balaban J connectivity index is 1.73. The normalized spacial score (nSPS) is 15.8. The molecule has 0 aromatic carbocycles. The summed E-state index contributed by atoms with van der Waals surface area (Å²) in [4.78, 5) is 16.2. The molecule has 1 aromatic heterocycles. The largest absolute Gasteiger partial charge is 0.370 e. The molecule has 0 atom stereocenters. The lowest BCUT2D eigenvalue weighted by Gasteiger charge is -2.21. The van der Waals surface area contributed by atoms with Gasteiger partial charge in [-0.3, -0.25) is 4.79 Å². The molecule has 1 aliphatic rings. The number of aromatic nitrogens is 1. The van der Waals surface area contributed by atoms with Crippen molar-refractivity contribution in [2.24, 2.45) is 5.92 Å². The van der Waals surface area contributed by atoms with E-state index in [0.717, 1.165) is 31.2 Å². The van der Waals surface area contributed by atoms with Gasteiger partial charge in [-0.15, -0.1) is 0 Å². The van der Waals surface area contributed by atoms with Crippen LogP contribution in [0.1, 0.15) is 55.8 Å². The van der Waals surface area contributed by atoms with E-state index in [9.17, 15) is 4.79 Å². The van der Waals surface area contributed by atoms with Crippen molar-refractivity contribution in [1.29, 1.82) is 0 Å². The van der Waals surface area contributed by atoms with Crippen LogP contribution in [0.3, 0.4) is 0 Å². The maximum Gasteiger partial charge on any atom is 0.252 e. The zero-order valence-corrected chi connectivity index (χ0v) is 12.3. The zero-order valence-electron chi connectivity index (χ0n) is 12.3. The molecular formula is C16H25N3O. The first-order chi connectivity index (χ1) is 9.79. The van der Waals surface area contributed by atoms with Gasteiger partial charge in [0.05, 0.1) is 5.56 Å². The highest BCUT2D eigenvalue weighted by atomic mass is 16.1. The third-order valence-corrected chi connectivity index (χ3v) is 3.95. The van der Waals surface area contributed by atoms with Crippen molar-refractivity contribution < 1.29 is 4.79 Å². The molecule has 1 aliphatic carbocycles. The fourth-order valence-electron chi connectivity index (χ4n) is 2.78. The van der Waals surface area contributed by atoms with Gasteiger partial charge >= 0.3 is 0 Å². The van der Waals surface area contributed by atoms with E-state index in [1.54, 1.807) is 6.20 Å². The highest BCUT2D eigenvalue weighted by Gasteiger charge is 2.13. The molecule has 0 radical (unpaired) electrons. The molecule has 1 fully saturated rings. The van der Waals surface area contributed by atoms with Crippen LogP contribution in [0.2, 0.25) is 0 Å². The average molecular weight is 275 g/mol. The van der Waals surface area contributed by atoms with Crippen LogP contribution >= 0.6 is 0 Å². The first kappa shape index (κ1) is 14.8. The van der Waals surface area contributed by atoms with Crippen molar-refractivity contribution >= 4 is 11.7 Å². The maximum absolute atomic E-state index is 12.0. The lowest BCUT2D eigenvalue weighted by atomic mass is 9.87. The zero-order chi connectivity index (χ0) is 14.2. The molecule has 0 bridgehead atoms. The van der Waals surface area contributed by atoms with Gasteiger partial charge in [0.25, 0.3) is 5.91 Å². The first-order valence-corrected chi connectivity index (χ1v) is 7.77. The molecule has 1 amide bonds. The van der Waals surface area contributed by atoms with Crippen molar-refractivity contribution in [3.8, 4) is 0 Å². The Bertz CT molecular complexity index is 410. The minimum atomic E-state index is -0.0173. The van der Waals surface area contributed by atoms with Gasteiger partial charge in [-0.05, 0) is 31.4 Å². The highest BCUT2D eigenvalue weighted by molar-refractivity contribution is 5.94. The van der Waals surface area contributed by atoms with Crippen LogP contribution in [-0.2, 0) is 0 Å². The van der Waals surface area contributed by atoms with E-state index in [2.05, 4.69) is 15.6 Å². The van der Waals surface area contributed by atoms with Crippen molar-refractivity contribution in [2.75, 3.05) is 18.4 Å². The monoisotopic (exact) mass is 275 g/mol. The number of rotatable bonds is 6. The molecule has 0 aliphatic heterocycles. The minimum Gasteiger partial charge on any atom is -0.370 e. The molecule has 0 saturated heterocycles. The standard InChI is InChI=1S/C16H25N3O/c1-2-17-15-9-8-14(12-19-15)16(20)18-11-10-13-6-4-3-5-7-13/h8-9,12-13H,2-7,10-11H2,1H3,(H,17,19)(H,18,20). The molecule has 110 valence electrons. The number of hydrogen-bond acceptors (Lipinski definition) is 3. The maximum atomic E-state index is 12.0. The number of carbonyl (C=O) groups is 1. The summed E-state index contributed by atoms with van der Waals surface area (Å²) in [6.45, 7) is 3.63. The third-order valence-electron chi connectivity index (χ3n) is 3.95. The second-order valence-corrected chi connectivity index (χ2v) is 5.51. The summed E-state index contributed by atoms with van der Waals surface area (Å²) in [7, 11) is 0. The number of hydrogen-bond donors (Lipinski definition) is 2. The van der Waals surface area contributed by atoms with Crippen molar-refractivity contribution in [3.63, 3.8) is 0 Å². The van der Waals surface area contributed by atoms with Crippen molar-refractivity contribution in [2.45, 2.75) is 45.4 Å². The predicted octanol–water partition coefficient (Wildman–Crippen LogP) is 3.21. The number of amides is 1. The topological polar surface area (TPSA) is 54.0 Å². The van der Waals surface area contributed by atoms with E-state index in [4.69, 9.17) is 0 Å². The number of nitrogens with zero attached hydrogens (tertiary/aromatic N) is 1. The highest BCUT2D eigenvalue weighted by Crippen LogP contribution is 2.25. The summed E-state index contributed by atoms with van der Waals surface area (Å²) in [5, 5.41) is 6.12. The molecular weight excluding hydrogens is 250 g/mol. The van der Waals surface area contributed by atoms with Gasteiger partial charge in [0, 0.05) is 19.3 Å². The molecule has 0 spiro atoms. The van der Waals surface area contributed by atoms with Gasteiger partial charge in [0.15, 0.2) is 0 Å². The van der Waals surface area contributed by atoms with Crippen LogP contribution in [-0.4, -0.2) is 24.0 Å². The molecule has 1 saturated carbocycles. The molecule has 2 N–H and O–H groups in total. The summed E-state index contributed by atoms with van der Waals surface area (Å²) in [5.74, 6) is 1.60. The third kappa shape index (κ3) is 4.51. The van der Waals surface area contributed by atoms with Crippen LogP contribution in [0.15, 0.2) is 18.3 Å². The number of nitrogens with one attached hydrogen (secondary N) is 2. The van der Waals surface area contributed by atoms with Gasteiger partial charge in [0.1, 0.15) is 5.82 Å². The molecule has 2 rings (SSSR count). The fraction of sp³-hybridized carbons (Fsp3) is 0.625. The molecule has 20 heavy (non-hydrogen) atoms. The van der Waals surface area contributed by atoms with Gasteiger partial charge in [-0.2, -0.15) is 0 Å². The molecule has 4 heteroatoms. The minimum absolute atomic E-state index is 0.0173. The van der Waals surface area contributed by atoms with E-state index in [1.807, 2.05) is 19.1 Å². The Morgan fingerprint density at radius 3 is 2.75 bits per heavy atom. The SMILES string of the molecule is CCNc1ccc(C(=O)NCCC2CCCCC2)cn1. The van der Waals surface area contributed by atoms with Crippen molar-refractivity contribution in [3.05, 3.63) is 23.9 Å². The summed E-state index contributed by atoms with van der Waals surface area (Å²) >= 11 is 0. The lowest BCUT2D eigenvalue weighted by molar-refractivity contribution is 0.0950. The Kier molecular flexibility index (Phi) is 5.84. The Labute approximate surface area is 121 Å². The van der Waals surface area contributed by atoms with Gasteiger partial charge in [-0.1, -0.05) is 32.1 Å². The lowest BCUT2D eigenvalue weighted by Crippen LogP contribution is -2.26. The molecule has 1 aromatic rings. The fourth-order valence-corrected chi connectivity index (χ4v) is 2.78. The predicted molar refractivity (Wildman–Crippen MR) is 81.9 cm³/mol. The van der Waals surface area contributed by atoms with Gasteiger partial charge < -0.3 is 10.6 Å². The number of anilines is 1. The van der Waals surface area contributed by atoms with E-state index in [0.29, 0.717) is 5.56 Å². The second kappa shape index (κ2) is 7.88. The smallest absolute Gasteiger partial charge is 0.252 e. The van der Waals surface area contributed by atoms with E-state index in [1.165, 1.54) is 32.1 Å². The Morgan fingerprint density at radius 1 is 1.30 bits per heavy atom. The van der Waals surface area contributed by atoms with E-state index < -0.39 is 0 Å². The molecule has 1 heterocycles. The van der Waals surface area contributed by atoms with Gasteiger partial charge in [-0.25, -0.2) is 4.98 Å². The van der Waals surface area contributed by atoms with Gasteiger partial charge in [0.2, 0.25) is 0 Å². The summed E-state index contributed by atoms with van der Waals surface area (Å²) in [5.41, 5.74) is 0.635. The van der Waals surface area contributed by atoms with Crippen LogP contribution in [0.4, 0.5) is 5.82 Å². The molecule has 4 nitrogen and oxygen atoms in total. The Morgan fingerprint density at radius 2 is 2.10 bits per heavy atom. The van der Waals surface area contributed by atoms with E-state index >= 15 is 0 Å².